The molecule has 2 rings (SSSR count). The molecule has 0 amide bonds. The van der Waals surface area contributed by atoms with Gasteiger partial charge in [0.15, 0.2) is 0 Å². The lowest BCUT2D eigenvalue weighted by Crippen LogP contribution is -2.00. The van der Waals surface area contributed by atoms with Gasteiger partial charge < -0.3 is 14.8 Å². The molecular formula is C13H13Cl2N3O2. The maximum atomic E-state index is 6.05. The van der Waals surface area contributed by atoms with Crippen LogP contribution in [0.5, 0.6) is 11.5 Å². The summed E-state index contributed by atoms with van der Waals surface area (Å²) < 4.78 is 10.5. The molecule has 0 bridgehead atoms. The van der Waals surface area contributed by atoms with E-state index in [1.165, 1.54) is 0 Å². The minimum Gasteiger partial charge on any atom is -0.495 e. The van der Waals surface area contributed by atoms with E-state index in [-0.39, 0.29) is 5.28 Å². The average molecular weight is 314 g/mol. The summed E-state index contributed by atoms with van der Waals surface area (Å²) in [5.41, 5.74) is 1.43. The first-order valence-electron chi connectivity index (χ1n) is 5.73. The Hall–Kier alpha value is -1.72. The third kappa shape index (κ3) is 3.23. The van der Waals surface area contributed by atoms with Crippen LogP contribution in [0.2, 0.25) is 10.3 Å². The molecule has 0 atom stereocenters. The molecule has 0 radical (unpaired) electrons. The minimum absolute atomic E-state index is 0.174. The van der Waals surface area contributed by atoms with Gasteiger partial charge in [-0.15, -0.1) is 0 Å². The van der Waals surface area contributed by atoms with Crippen molar-refractivity contribution in [2.75, 3.05) is 19.5 Å². The van der Waals surface area contributed by atoms with Crippen molar-refractivity contribution in [3.63, 3.8) is 0 Å². The number of methoxy groups -OCH3 is 2. The molecule has 1 N–H and O–H groups in total. The van der Waals surface area contributed by atoms with E-state index in [0.29, 0.717) is 28.0 Å². The van der Waals surface area contributed by atoms with Crippen LogP contribution in [-0.4, -0.2) is 24.2 Å². The molecule has 5 nitrogen and oxygen atoms in total. The van der Waals surface area contributed by atoms with Crippen LogP contribution in [0.3, 0.4) is 0 Å². The van der Waals surface area contributed by atoms with Crippen LogP contribution in [0.1, 0.15) is 5.69 Å². The fourth-order valence-electron chi connectivity index (χ4n) is 1.69. The van der Waals surface area contributed by atoms with Gasteiger partial charge in [0, 0.05) is 23.9 Å². The summed E-state index contributed by atoms with van der Waals surface area (Å²) in [6.07, 6.45) is 0. The van der Waals surface area contributed by atoms with Crippen molar-refractivity contribution in [1.82, 2.24) is 9.97 Å². The van der Waals surface area contributed by atoms with Crippen LogP contribution in [0.25, 0.3) is 0 Å². The van der Waals surface area contributed by atoms with Crippen molar-refractivity contribution in [3.05, 3.63) is 34.2 Å². The highest BCUT2D eigenvalue weighted by Crippen LogP contribution is 2.37. The van der Waals surface area contributed by atoms with Gasteiger partial charge in [0.05, 0.1) is 24.9 Å². The van der Waals surface area contributed by atoms with E-state index < -0.39 is 0 Å². The van der Waals surface area contributed by atoms with E-state index in [1.54, 1.807) is 32.4 Å². The summed E-state index contributed by atoms with van der Waals surface area (Å²) in [6.45, 7) is 1.83. The highest BCUT2D eigenvalue weighted by atomic mass is 35.5. The Kier molecular flexibility index (Phi) is 4.52. The van der Waals surface area contributed by atoms with E-state index in [9.17, 15) is 0 Å². The monoisotopic (exact) mass is 313 g/mol. The zero-order chi connectivity index (χ0) is 14.7. The molecular weight excluding hydrogens is 301 g/mol. The molecule has 1 aromatic heterocycles. The predicted molar refractivity (Wildman–Crippen MR) is 79.6 cm³/mol. The fourth-order valence-corrected chi connectivity index (χ4v) is 2.15. The Balaban J connectivity index is 2.41. The molecule has 20 heavy (non-hydrogen) atoms. The molecule has 1 heterocycles. The number of hydrogen-bond acceptors (Lipinski definition) is 5. The number of ether oxygens (including phenoxy) is 2. The number of aryl methyl sites for hydroxylation is 1. The second kappa shape index (κ2) is 6.15. The molecule has 2 aromatic rings. The lowest BCUT2D eigenvalue weighted by molar-refractivity contribution is 0.405. The lowest BCUT2D eigenvalue weighted by atomic mass is 10.2. The van der Waals surface area contributed by atoms with Crippen LogP contribution >= 0.6 is 23.2 Å². The van der Waals surface area contributed by atoms with Gasteiger partial charge >= 0.3 is 0 Å². The van der Waals surface area contributed by atoms with Crippen molar-refractivity contribution in [1.29, 1.82) is 0 Å². The van der Waals surface area contributed by atoms with E-state index in [2.05, 4.69) is 15.3 Å². The third-order valence-electron chi connectivity index (χ3n) is 2.56. The van der Waals surface area contributed by atoms with Crippen LogP contribution in [-0.2, 0) is 0 Å². The zero-order valence-electron chi connectivity index (χ0n) is 11.2. The van der Waals surface area contributed by atoms with E-state index in [1.807, 2.05) is 6.92 Å². The topological polar surface area (TPSA) is 56.3 Å². The van der Waals surface area contributed by atoms with Gasteiger partial charge in [0.2, 0.25) is 5.28 Å². The predicted octanol–water partition coefficient (Wildman–Crippen LogP) is 3.85. The van der Waals surface area contributed by atoms with Crippen LogP contribution in [0, 0.1) is 6.92 Å². The van der Waals surface area contributed by atoms with Gasteiger partial charge in [-0.05, 0) is 18.5 Å². The van der Waals surface area contributed by atoms with E-state index in [4.69, 9.17) is 32.7 Å². The second-order valence-electron chi connectivity index (χ2n) is 3.98. The van der Waals surface area contributed by atoms with Crippen molar-refractivity contribution >= 4 is 34.7 Å². The van der Waals surface area contributed by atoms with Gasteiger partial charge in [-0.1, -0.05) is 11.6 Å². The molecule has 0 aliphatic heterocycles. The number of nitrogens with one attached hydrogen (secondary N) is 1. The Bertz CT molecular complexity index is 615. The molecule has 0 fully saturated rings. The normalized spacial score (nSPS) is 10.2. The van der Waals surface area contributed by atoms with Crippen molar-refractivity contribution in [2.45, 2.75) is 6.92 Å². The summed E-state index contributed by atoms with van der Waals surface area (Å²) in [5, 5.41) is 3.75. The van der Waals surface area contributed by atoms with Crippen LogP contribution in [0.15, 0.2) is 18.2 Å². The average Bonchev–Trinajstić information content (AvgIpc) is 2.39. The number of hydrogen-bond donors (Lipinski definition) is 1. The number of nitrogens with zero attached hydrogens (tertiary/aromatic N) is 2. The first kappa shape index (κ1) is 14.7. The van der Waals surface area contributed by atoms with Gasteiger partial charge in [-0.2, -0.15) is 0 Å². The summed E-state index contributed by atoms with van der Waals surface area (Å²) in [6, 6.07) is 5.16. The van der Waals surface area contributed by atoms with Gasteiger partial charge in [0.25, 0.3) is 0 Å². The minimum atomic E-state index is 0.174. The van der Waals surface area contributed by atoms with E-state index >= 15 is 0 Å². The highest BCUT2D eigenvalue weighted by molar-refractivity contribution is 6.32. The van der Waals surface area contributed by atoms with Crippen LogP contribution in [0.4, 0.5) is 11.5 Å². The SMILES string of the molecule is COc1cc(Nc2cc(C)nc(Cl)n2)c(OC)cc1Cl. The molecule has 7 heteroatoms. The highest BCUT2D eigenvalue weighted by Gasteiger charge is 2.11. The zero-order valence-corrected chi connectivity index (χ0v) is 12.7. The molecule has 0 aliphatic rings. The van der Waals surface area contributed by atoms with Gasteiger partial charge in [0.1, 0.15) is 17.3 Å². The maximum absolute atomic E-state index is 6.05. The number of rotatable bonds is 4. The smallest absolute Gasteiger partial charge is 0.224 e. The molecule has 0 spiro atoms. The summed E-state index contributed by atoms with van der Waals surface area (Å²) in [5.74, 6) is 1.67. The van der Waals surface area contributed by atoms with Crippen LogP contribution < -0.4 is 14.8 Å². The number of halogens is 2. The molecule has 0 unspecified atom stereocenters. The Labute approximate surface area is 126 Å². The van der Waals surface area contributed by atoms with Gasteiger partial charge in [-0.25, -0.2) is 9.97 Å². The van der Waals surface area contributed by atoms with E-state index in [0.717, 1.165) is 5.69 Å². The summed E-state index contributed by atoms with van der Waals surface area (Å²) in [4.78, 5) is 8.10. The van der Waals surface area contributed by atoms with Gasteiger partial charge in [-0.3, -0.25) is 0 Å². The summed E-state index contributed by atoms with van der Waals surface area (Å²) in [7, 11) is 3.10. The standard InChI is InChI=1S/C13H13Cl2N3O2/c1-7-4-12(18-13(15)16-7)17-9-6-10(19-2)8(14)5-11(9)20-3/h4-6H,1-3H3,(H,16,17,18). The molecule has 106 valence electrons. The quantitative estimate of drug-likeness (QED) is 0.869. The number of aromatic nitrogens is 2. The Morgan fingerprint density at radius 2 is 1.70 bits per heavy atom. The molecule has 1 aromatic carbocycles. The third-order valence-corrected chi connectivity index (χ3v) is 3.03. The second-order valence-corrected chi connectivity index (χ2v) is 4.72. The van der Waals surface area contributed by atoms with Crippen molar-refractivity contribution in [2.24, 2.45) is 0 Å². The Morgan fingerprint density at radius 3 is 2.30 bits per heavy atom. The first-order valence-corrected chi connectivity index (χ1v) is 6.49. The molecule has 0 aliphatic carbocycles. The van der Waals surface area contributed by atoms with Crippen molar-refractivity contribution < 1.29 is 9.47 Å². The summed E-state index contributed by atoms with van der Waals surface area (Å²) >= 11 is 11.9. The van der Waals surface area contributed by atoms with Crippen molar-refractivity contribution in [3.8, 4) is 11.5 Å². The first-order chi connectivity index (χ1) is 9.53. The fraction of sp³-hybridized carbons (Fsp3) is 0.231. The molecule has 0 saturated heterocycles. The number of benzene rings is 1. The lowest BCUT2D eigenvalue weighted by Gasteiger charge is -2.13. The largest absolute Gasteiger partial charge is 0.495 e. The Morgan fingerprint density at radius 1 is 1.00 bits per heavy atom. The molecule has 0 saturated carbocycles. The maximum Gasteiger partial charge on any atom is 0.224 e. The number of anilines is 2.